The number of hydrogen-bond donors (Lipinski definition) is 1. The van der Waals surface area contributed by atoms with Crippen LogP contribution in [0.15, 0.2) is 36.7 Å². The molecule has 2 heterocycles. The average Bonchev–Trinajstić information content (AvgIpc) is 2.90. The molecule has 1 aromatic carbocycles. The van der Waals surface area contributed by atoms with Crippen molar-refractivity contribution >= 4 is 5.97 Å². The molecule has 1 saturated heterocycles. The van der Waals surface area contributed by atoms with Crippen LogP contribution < -0.4 is 4.74 Å². The Morgan fingerprint density at radius 3 is 2.90 bits per heavy atom. The quantitative estimate of drug-likeness (QED) is 0.900. The van der Waals surface area contributed by atoms with Gasteiger partial charge in [0.1, 0.15) is 11.4 Å². The molecular formula is C15H17N3O3. The van der Waals surface area contributed by atoms with Gasteiger partial charge in [0, 0.05) is 31.4 Å². The van der Waals surface area contributed by atoms with E-state index in [2.05, 4.69) is 10.00 Å². The fourth-order valence-electron chi connectivity index (χ4n) is 2.51. The number of likely N-dealkylation sites (tertiary alicyclic amines) is 1. The van der Waals surface area contributed by atoms with Gasteiger partial charge in [-0.05, 0) is 12.1 Å². The van der Waals surface area contributed by atoms with Crippen LogP contribution in [0.2, 0.25) is 0 Å². The second kappa shape index (κ2) is 5.57. The summed E-state index contributed by atoms with van der Waals surface area (Å²) in [7, 11) is 1.63. The van der Waals surface area contributed by atoms with Crippen LogP contribution in [0.3, 0.4) is 0 Å². The van der Waals surface area contributed by atoms with Crippen LogP contribution in [0.4, 0.5) is 0 Å². The van der Waals surface area contributed by atoms with E-state index < -0.39 is 5.97 Å². The molecule has 1 aliphatic rings. The summed E-state index contributed by atoms with van der Waals surface area (Å²) in [5.41, 5.74) is 1.95. The van der Waals surface area contributed by atoms with Crippen molar-refractivity contribution < 1.29 is 14.6 Å². The van der Waals surface area contributed by atoms with Crippen molar-refractivity contribution in [3.63, 3.8) is 0 Å². The second-order valence-corrected chi connectivity index (χ2v) is 5.19. The summed E-state index contributed by atoms with van der Waals surface area (Å²) < 4.78 is 7.11. The first-order chi connectivity index (χ1) is 10.2. The van der Waals surface area contributed by atoms with Crippen molar-refractivity contribution in [2.75, 3.05) is 20.2 Å². The summed E-state index contributed by atoms with van der Waals surface area (Å²) >= 11 is 0. The van der Waals surface area contributed by atoms with Crippen LogP contribution in [0, 0.1) is 5.92 Å². The van der Waals surface area contributed by atoms with Gasteiger partial charge >= 0.3 is 5.97 Å². The van der Waals surface area contributed by atoms with E-state index >= 15 is 0 Å². The number of aromatic nitrogens is 2. The second-order valence-electron chi connectivity index (χ2n) is 5.19. The topological polar surface area (TPSA) is 67.6 Å². The molecule has 0 saturated carbocycles. The Hall–Kier alpha value is -2.34. The summed E-state index contributed by atoms with van der Waals surface area (Å²) in [6.07, 6.45) is 3.76. The smallest absolute Gasteiger partial charge is 0.309 e. The summed E-state index contributed by atoms with van der Waals surface area (Å²) in [6, 6.07) is 7.69. The fraction of sp³-hybridized carbons (Fsp3) is 0.333. The first kappa shape index (κ1) is 13.6. The maximum Gasteiger partial charge on any atom is 0.309 e. The SMILES string of the molecule is COc1ccccc1-n1cc(CN2CC(C(=O)O)C2)cn1. The third-order valence-corrected chi connectivity index (χ3v) is 3.68. The zero-order valence-electron chi connectivity index (χ0n) is 11.8. The van der Waals surface area contributed by atoms with E-state index in [0.717, 1.165) is 23.5 Å². The number of methoxy groups -OCH3 is 1. The largest absolute Gasteiger partial charge is 0.494 e. The molecule has 6 heteroatoms. The Bertz CT molecular complexity index is 647. The molecule has 1 fully saturated rings. The van der Waals surface area contributed by atoms with E-state index in [-0.39, 0.29) is 5.92 Å². The Balaban J connectivity index is 1.68. The maximum atomic E-state index is 10.8. The number of carbonyl (C=O) groups is 1. The van der Waals surface area contributed by atoms with Crippen LogP contribution in [-0.4, -0.2) is 46.0 Å². The molecule has 110 valence electrons. The number of ether oxygens (including phenoxy) is 1. The molecule has 0 spiro atoms. The number of benzene rings is 1. The van der Waals surface area contributed by atoms with Gasteiger partial charge in [0.25, 0.3) is 0 Å². The Morgan fingerprint density at radius 2 is 2.19 bits per heavy atom. The minimum absolute atomic E-state index is 0.228. The third-order valence-electron chi connectivity index (χ3n) is 3.68. The third kappa shape index (κ3) is 2.75. The number of para-hydroxylation sites is 2. The zero-order valence-corrected chi connectivity index (χ0v) is 11.8. The summed E-state index contributed by atoms with van der Waals surface area (Å²) in [5, 5.41) is 13.2. The molecule has 0 unspecified atom stereocenters. The number of hydrogen-bond acceptors (Lipinski definition) is 4. The standard InChI is InChI=1S/C15H17N3O3/c1-21-14-5-3-2-4-13(14)18-8-11(6-16-18)7-17-9-12(10-17)15(19)20/h2-6,8,12H,7,9-10H2,1H3,(H,19,20). The Kier molecular flexibility index (Phi) is 3.62. The fourth-order valence-corrected chi connectivity index (χ4v) is 2.51. The van der Waals surface area contributed by atoms with Crippen LogP contribution in [0.1, 0.15) is 5.56 Å². The highest BCUT2D eigenvalue weighted by Gasteiger charge is 2.32. The zero-order chi connectivity index (χ0) is 14.8. The van der Waals surface area contributed by atoms with Gasteiger partial charge in [-0.3, -0.25) is 9.69 Å². The number of aliphatic carboxylic acids is 1. The highest BCUT2D eigenvalue weighted by molar-refractivity contribution is 5.71. The van der Waals surface area contributed by atoms with E-state index in [1.54, 1.807) is 18.0 Å². The lowest BCUT2D eigenvalue weighted by molar-refractivity contribution is -0.147. The van der Waals surface area contributed by atoms with Crippen LogP contribution in [-0.2, 0) is 11.3 Å². The minimum atomic E-state index is -0.712. The minimum Gasteiger partial charge on any atom is -0.494 e. The Labute approximate surface area is 122 Å². The summed E-state index contributed by atoms with van der Waals surface area (Å²) in [4.78, 5) is 12.9. The van der Waals surface area contributed by atoms with Crippen molar-refractivity contribution in [3.05, 3.63) is 42.2 Å². The lowest BCUT2D eigenvalue weighted by Crippen LogP contribution is -2.49. The molecule has 1 aromatic heterocycles. The van der Waals surface area contributed by atoms with E-state index in [4.69, 9.17) is 9.84 Å². The van der Waals surface area contributed by atoms with Gasteiger partial charge in [0.2, 0.25) is 0 Å². The van der Waals surface area contributed by atoms with Gasteiger partial charge in [-0.15, -0.1) is 0 Å². The van der Waals surface area contributed by atoms with Gasteiger partial charge < -0.3 is 9.84 Å². The molecule has 1 N–H and O–H groups in total. The Morgan fingerprint density at radius 1 is 1.43 bits per heavy atom. The maximum absolute atomic E-state index is 10.8. The van der Waals surface area contributed by atoms with Gasteiger partial charge in [0.15, 0.2) is 0 Å². The first-order valence-electron chi connectivity index (χ1n) is 6.79. The van der Waals surface area contributed by atoms with Crippen molar-refractivity contribution in [1.29, 1.82) is 0 Å². The van der Waals surface area contributed by atoms with Gasteiger partial charge in [-0.2, -0.15) is 5.10 Å². The molecular weight excluding hydrogens is 270 g/mol. The number of nitrogens with zero attached hydrogens (tertiary/aromatic N) is 3. The molecule has 2 aromatic rings. The normalized spacial score (nSPS) is 15.7. The van der Waals surface area contributed by atoms with Crippen molar-refractivity contribution in [1.82, 2.24) is 14.7 Å². The van der Waals surface area contributed by atoms with Crippen LogP contribution >= 0.6 is 0 Å². The highest BCUT2D eigenvalue weighted by atomic mass is 16.5. The first-order valence-corrected chi connectivity index (χ1v) is 6.79. The summed E-state index contributed by atoms with van der Waals surface area (Å²) in [6.45, 7) is 1.93. The van der Waals surface area contributed by atoms with Gasteiger partial charge in [-0.25, -0.2) is 4.68 Å². The highest BCUT2D eigenvalue weighted by Crippen LogP contribution is 2.23. The lowest BCUT2D eigenvalue weighted by Gasteiger charge is -2.36. The van der Waals surface area contributed by atoms with Crippen molar-refractivity contribution in [2.45, 2.75) is 6.54 Å². The molecule has 3 rings (SSSR count). The van der Waals surface area contributed by atoms with E-state index in [1.807, 2.05) is 30.5 Å². The monoisotopic (exact) mass is 287 g/mol. The van der Waals surface area contributed by atoms with Crippen molar-refractivity contribution in [3.8, 4) is 11.4 Å². The predicted octanol–water partition coefficient (Wildman–Crippen LogP) is 1.40. The molecule has 6 nitrogen and oxygen atoms in total. The summed E-state index contributed by atoms with van der Waals surface area (Å²) in [5.74, 6) is -0.174. The van der Waals surface area contributed by atoms with Gasteiger partial charge in [-0.1, -0.05) is 12.1 Å². The van der Waals surface area contributed by atoms with E-state index in [9.17, 15) is 4.79 Å². The van der Waals surface area contributed by atoms with E-state index in [1.165, 1.54) is 0 Å². The van der Waals surface area contributed by atoms with E-state index in [0.29, 0.717) is 13.1 Å². The number of rotatable bonds is 5. The molecule has 0 amide bonds. The molecule has 0 radical (unpaired) electrons. The van der Waals surface area contributed by atoms with Crippen LogP contribution in [0.5, 0.6) is 5.75 Å². The molecule has 1 aliphatic heterocycles. The molecule has 0 bridgehead atoms. The lowest BCUT2D eigenvalue weighted by atomic mass is 10.0. The van der Waals surface area contributed by atoms with Gasteiger partial charge in [0.05, 0.1) is 19.2 Å². The van der Waals surface area contributed by atoms with Crippen LogP contribution in [0.25, 0.3) is 5.69 Å². The molecule has 21 heavy (non-hydrogen) atoms. The number of carboxylic acid groups (broad SMARTS) is 1. The molecule has 0 atom stereocenters. The number of carboxylic acids is 1. The average molecular weight is 287 g/mol. The predicted molar refractivity (Wildman–Crippen MR) is 76.5 cm³/mol. The van der Waals surface area contributed by atoms with Crippen molar-refractivity contribution in [2.24, 2.45) is 5.92 Å². The molecule has 0 aliphatic carbocycles.